The van der Waals surface area contributed by atoms with E-state index in [1.54, 1.807) is 5.01 Å². The molecule has 2 aromatic carbocycles. The molecule has 0 aromatic heterocycles. The van der Waals surface area contributed by atoms with E-state index in [9.17, 15) is 4.79 Å². The molecule has 4 rings (SSSR count). The summed E-state index contributed by atoms with van der Waals surface area (Å²) in [6, 6.07) is 20.8. The molecule has 1 fully saturated rings. The third-order valence-corrected chi connectivity index (χ3v) is 5.34. The lowest BCUT2D eigenvalue weighted by atomic mass is 10.0. The van der Waals surface area contributed by atoms with Crippen LogP contribution in [0.3, 0.4) is 0 Å². The number of hydrogen-bond acceptors (Lipinski definition) is 4. The molecule has 0 spiro atoms. The molecule has 2 aliphatic heterocycles. The van der Waals surface area contributed by atoms with Crippen molar-refractivity contribution in [1.82, 2.24) is 14.8 Å². The molecule has 0 saturated carbocycles. The van der Waals surface area contributed by atoms with E-state index in [1.165, 1.54) is 5.56 Å². The second kappa shape index (κ2) is 8.46. The number of rotatable bonds is 5. The van der Waals surface area contributed by atoms with Crippen LogP contribution >= 0.6 is 0 Å². The summed E-state index contributed by atoms with van der Waals surface area (Å²) in [5, 5.41) is 6.02. The van der Waals surface area contributed by atoms with Crippen molar-refractivity contribution in [2.24, 2.45) is 5.10 Å². The van der Waals surface area contributed by atoms with Crippen molar-refractivity contribution >= 4 is 12.1 Å². The van der Waals surface area contributed by atoms with E-state index in [4.69, 9.17) is 0 Å². The monoisotopic (exact) mass is 362 g/mol. The second-order valence-electron chi connectivity index (χ2n) is 7.24. The molecule has 27 heavy (non-hydrogen) atoms. The quantitative estimate of drug-likeness (QED) is 0.821. The standard InChI is InChI=1S/C22H26N4O/c27-22(26-21(11-12-23-26)20-9-5-2-6-10-20)18-25-15-13-24(14-16-25)17-19-7-3-1-4-8-19/h1-10,12,21H,11,13-18H2/t21-/m1/s1. The Labute approximate surface area is 160 Å². The molecule has 0 N–H and O–H groups in total. The van der Waals surface area contributed by atoms with Crippen LogP contribution in [0, 0.1) is 0 Å². The van der Waals surface area contributed by atoms with Crippen LogP contribution < -0.4 is 0 Å². The maximum Gasteiger partial charge on any atom is 0.257 e. The summed E-state index contributed by atoms with van der Waals surface area (Å²) in [6.45, 7) is 5.26. The maximum absolute atomic E-state index is 12.8. The Morgan fingerprint density at radius 1 is 0.889 bits per heavy atom. The number of piperazine rings is 1. The number of carbonyl (C=O) groups is 1. The molecule has 1 saturated heterocycles. The Hall–Kier alpha value is -2.50. The third-order valence-electron chi connectivity index (χ3n) is 5.34. The highest BCUT2D eigenvalue weighted by molar-refractivity contribution is 5.81. The normalized spacial score (nSPS) is 20.9. The molecule has 5 nitrogen and oxygen atoms in total. The summed E-state index contributed by atoms with van der Waals surface area (Å²) in [4.78, 5) is 17.5. The average Bonchev–Trinajstić information content (AvgIpc) is 3.21. The number of benzene rings is 2. The molecule has 0 unspecified atom stereocenters. The first-order valence-electron chi connectivity index (χ1n) is 9.68. The van der Waals surface area contributed by atoms with Gasteiger partial charge >= 0.3 is 0 Å². The van der Waals surface area contributed by atoms with Gasteiger partial charge in [0.1, 0.15) is 0 Å². The van der Waals surface area contributed by atoms with Crippen molar-refractivity contribution < 1.29 is 4.79 Å². The van der Waals surface area contributed by atoms with Gasteiger partial charge in [0.2, 0.25) is 0 Å². The van der Waals surface area contributed by atoms with Crippen molar-refractivity contribution in [3.63, 3.8) is 0 Å². The number of nitrogens with zero attached hydrogens (tertiary/aromatic N) is 4. The van der Waals surface area contributed by atoms with Gasteiger partial charge in [0.15, 0.2) is 0 Å². The van der Waals surface area contributed by atoms with Crippen molar-refractivity contribution in [3.05, 3.63) is 71.8 Å². The van der Waals surface area contributed by atoms with Crippen LogP contribution in [0.5, 0.6) is 0 Å². The van der Waals surface area contributed by atoms with Gasteiger partial charge in [-0.2, -0.15) is 5.10 Å². The summed E-state index contributed by atoms with van der Waals surface area (Å²) in [6.07, 6.45) is 2.65. The minimum Gasteiger partial charge on any atom is -0.297 e. The molecular weight excluding hydrogens is 336 g/mol. The zero-order valence-corrected chi connectivity index (χ0v) is 15.6. The van der Waals surface area contributed by atoms with Gasteiger partial charge in [0.25, 0.3) is 5.91 Å². The van der Waals surface area contributed by atoms with E-state index in [1.807, 2.05) is 24.4 Å². The van der Waals surface area contributed by atoms with Crippen LogP contribution in [0.1, 0.15) is 23.6 Å². The van der Waals surface area contributed by atoms with Gasteiger partial charge in [0, 0.05) is 45.4 Å². The summed E-state index contributed by atoms with van der Waals surface area (Å²) < 4.78 is 0. The van der Waals surface area contributed by atoms with E-state index in [2.05, 4.69) is 57.4 Å². The Morgan fingerprint density at radius 2 is 1.52 bits per heavy atom. The molecule has 0 radical (unpaired) electrons. The van der Waals surface area contributed by atoms with Crippen LogP contribution in [0.2, 0.25) is 0 Å². The van der Waals surface area contributed by atoms with Gasteiger partial charge in [-0.3, -0.25) is 14.6 Å². The van der Waals surface area contributed by atoms with Crippen molar-refractivity contribution in [3.8, 4) is 0 Å². The molecular formula is C22H26N4O. The topological polar surface area (TPSA) is 39.2 Å². The average molecular weight is 362 g/mol. The lowest BCUT2D eigenvalue weighted by Crippen LogP contribution is -2.49. The molecule has 1 atom stereocenters. The number of hydrogen-bond donors (Lipinski definition) is 0. The zero-order chi connectivity index (χ0) is 18.5. The summed E-state index contributed by atoms with van der Waals surface area (Å²) in [5.74, 6) is 0.0918. The van der Waals surface area contributed by atoms with Crippen molar-refractivity contribution in [2.75, 3.05) is 32.7 Å². The molecule has 0 aliphatic carbocycles. The van der Waals surface area contributed by atoms with Crippen molar-refractivity contribution in [2.45, 2.75) is 19.0 Å². The molecule has 2 aliphatic rings. The summed E-state index contributed by atoms with van der Waals surface area (Å²) in [5.41, 5.74) is 2.50. The van der Waals surface area contributed by atoms with Gasteiger partial charge in [-0.25, -0.2) is 5.01 Å². The maximum atomic E-state index is 12.8. The predicted molar refractivity (Wildman–Crippen MR) is 107 cm³/mol. The van der Waals surface area contributed by atoms with E-state index < -0.39 is 0 Å². The number of hydrazone groups is 1. The second-order valence-corrected chi connectivity index (χ2v) is 7.24. The van der Waals surface area contributed by atoms with E-state index in [-0.39, 0.29) is 11.9 Å². The Kier molecular flexibility index (Phi) is 5.61. The van der Waals surface area contributed by atoms with E-state index >= 15 is 0 Å². The molecule has 1 amide bonds. The Bertz CT molecular complexity index is 769. The first-order chi connectivity index (χ1) is 13.3. The van der Waals surface area contributed by atoms with E-state index in [0.29, 0.717) is 6.54 Å². The van der Waals surface area contributed by atoms with Crippen LogP contribution in [0.15, 0.2) is 65.8 Å². The molecule has 0 bridgehead atoms. The minimum atomic E-state index is 0.0399. The zero-order valence-electron chi connectivity index (χ0n) is 15.6. The molecule has 5 heteroatoms. The highest BCUT2D eigenvalue weighted by Crippen LogP contribution is 2.28. The molecule has 2 heterocycles. The number of carbonyl (C=O) groups excluding carboxylic acids is 1. The third kappa shape index (κ3) is 4.43. The largest absolute Gasteiger partial charge is 0.297 e. The van der Waals surface area contributed by atoms with Crippen LogP contribution in [-0.2, 0) is 11.3 Å². The van der Waals surface area contributed by atoms with Gasteiger partial charge in [-0.15, -0.1) is 0 Å². The smallest absolute Gasteiger partial charge is 0.257 e. The van der Waals surface area contributed by atoms with Gasteiger partial charge in [-0.1, -0.05) is 60.7 Å². The highest BCUT2D eigenvalue weighted by atomic mass is 16.2. The van der Waals surface area contributed by atoms with Gasteiger partial charge in [-0.05, 0) is 11.1 Å². The first-order valence-corrected chi connectivity index (χ1v) is 9.68. The lowest BCUT2D eigenvalue weighted by molar-refractivity contribution is -0.134. The fourth-order valence-electron chi connectivity index (χ4n) is 3.82. The van der Waals surface area contributed by atoms with Crippen LogP contribution in [-0.4, -0.2) is 59.7 Å². The Balaban J connectivity index is 1.28. The van der Waals surface area contributed by atoms with E-state index in [0.717, 1.165) is 44.7 Å². The minimum absolute atomic E-state index is 0.0399. The molecule has 140 valence electrons. The Morgan fingerprint density at radius 3 is 2.22 bits per heavy atom. The molecule has 2 aromatic rings. The fraction of sp³-hybridized carbons (Fsp3) is 0.364. The first kappa shape index (κ1) is 17.9. The summed E-state index contributed by atoms with van der Waals surface area (Å²) >= 11 is 0. The van der Waals surface area contributed by atoms with Gasteiger partial charge in [0.05, 0.1) is 12.6 Å². The van der Waals surface area contributed by atoms with Crippen LogP contribution in [0.4, 0.5) is 0 Å². The predicted octanol–water partition coefficient (Wildman–Crippen LogP) is 2.76. The van der Waals surface area contributed by atoms with Crippen molar-refractivity contribution in [1.29, 1.82) is 0 Å². The van der Waals surface area contributed by atoms with Crippen LogP contribution in [0.25, 0.3) is 0 Å². The number of amides is 1. The SMILES string of the molecule is O=C(CN1CCN(Cc2ccccc2)CC1)N1N=CC[C@@H]1c1ccccc1. The fourth-order valence-corrected chi connectivity index (χ4v) is 3.82. The lowest BCUT2D eigenvalue weighted by Gasteiger charge is -2.35. The highest BCUT2D eigenvalue weighted by Gasteiger charge is 2.29. The van der Waals surface area contributed by atoms with Gasteiger partial charge < -0.3 is 0 Å². The summed E-state index contributed by atoms with van der Waals surface area (Å²) in [7, 11) is 0.